The Morgan fingerprint density at radius 1 is 1.12 bits per heavy atom. The van der Waals surface area contributed by atoms with Crippen molar-refractivity contribution in [3.05, 3.63) is 74.9 Å². The molecule has 24 heavy (non-hydrogen) atoms. The van der Waals surface area contributed by atoms with Crippen molar-refractivity contribution in [3.8, 4) is 6.07 Å². The second-order valence-electron chi connectivity index (χ2n) is 5.30. The lowest BCUT2D eigenvalue weighted by molar-refractivity contribution is 0.104. The molecule has 0 aliphatic heterocycles. The average Bonchev–Trinajstić information content (AvgIpc) is 2.90. The molecule has 0 atom stereocenters. The number of nitrogens with zero attached hydrogens (tertiary/aromatic N) is 1. The Morgan fingerprint density at radius 3 is 2.46 bits per heavy atom. The van der Waals surface area contributed by atoms with Crippen LogP contribution in [0.4, 0.5) is 0 Å². The fourth-order valence-corrected chi connectivity index (χ4v) is 3.15. The van der Waals surface area contributed by atoms with Gasteiger partial charge in [0.1, 0.15) is 11.6 Å². The molecule has 1 aromatic heterocycles. The normalized spacial score (nSPS) is 11.5. The smallest absolute Gasteiger partial charge is 0.205 e. The highest BCUT2D eigenvalue weighted by Crippen LogP contribution is 2.29. The van der Waals surface area contributed by atoms with Gasteiger partial charge in [-0.2, -0.15) is 5.26 Å². The van der Waals surface area contributed by atoms with Crippen molar-refractivity contribution in [2.45, 2.75) is 6.92 Å². The number of nitriles is 1. The van der Waals surface area contributed by atoms with Gasteiger partial charge in [0.2, 0.25) is 5.78 Å². The third kappa shape index (κ3) is 2.82. The first kappa shape index (κ1) is 16.3. The van der Waals surface area contributed by atoms with Gasteiger partial charge in [-0.25, -0.2) is 0 Å². The molecule has 0 amide bonds. The summed E-state index contributed by atoms with van der Waals surface area (Å²) < 4.78 is 0. The number of aromatic nitrogens is 1. The molecule has 118 valence electrons. The van der Waals surface area contributed by atoms with Crippen LogP contribution in [0.2, 0.25) is 10.0 Å². The van der Waals surface area contributed by atoms with E-state index in [0.717, 1.165) is 10.9 Å². The summed E-state index contributed by atoms with van der Waals surface area (Å²) in [7, 11) is 0. The van der Waals surface area contributed by atoms with Gasteiger partial charge in [-0.1, -0.05) is 47.5 Å². The van der Waals surface area contributed by atoms with Gasteiger partial charge in [-0.3, -0.25) is 4.79 Å². The Bertz CT molecular complexity index is 1010. The number of carbonyl (C=O) groups is 1. The summed E-state index contributed by atoms with van der Waals surface area (Å²) in [5.74, 6) is -0.358. The van der Waals surface area contributed by atoms with Gasteiger partial charge in [0.05, 0.1) is 5.56 Å². The maximum absolute atomic E-state index is 12.9. The van der Waals surface area contributed by atoms with E-state index in [0.29, 0.717) is 26.9 Å². The van der Waals surface area contributed by atoms with Crippen LogP contribution >= 0.6 is 23.2 Å². The van der Waals surface area contributed by atoms with E-state index >= 15 is 0 Å². The van der Waals surface area contributed by atoms with Crippen LogP contribution in [0, 0.1) is 18.3 Å². The molecule has 0 spiro atoms. The van der Waals surface area contributed by atoms with Gasteiger partial charge >= 0.3 is 0 Å². The number of rotatable bonds is 3. The van der Waals surface area contributed by atoms with Crippen LogP contribution in [-0.2, 0) is 0 Å². The summed E-state index contributed by atoms with van der Waals surface area (Å²) >= 11 is 12.3. The fourth-order valence-electron chi connectivity index (χ4n) is 2.65. The highest BCUT2D eigenvalue weighted by Gasteiger charge is 2.20. The van der Waals surface area contributed by atoms with E-state index < -0.39 is 0 Å². The van der Waals surface area contributed by atoms with Crippen molar-refractivity contribution in [3.63, 3.8) is 0 Å². The Kier molecular flexibility index (Phi) is 4.44. The summed E-state index contributed by atoms with van der Waals surface area (Å²) in [6.07, 6.45) is 1.44. The first-order chi connectivity index (χ1) is 11.5. The molecule has 3 nitrogen and oxygen atoms in total. The van der Waals surface area contributed by atoms with Gasteiger partial charge in [0.25, 0.3) is 0 Å². The van der Waals surface area contributed by atoms with Crippen molar-refractivity contribution < 1.29 is 4.79 Å². The molecular formula is C19H12Cl2N2O. The lowest BCUT2D eigenvalue weighted by atomic mass is 9.99. The molecule has 0 saturated heterocycles. The molecule has 3 aromatic rings. The first-order valence-electron chi connectivity index (χ1n) is 7.20. The number of ketones is 1. The number of Topliss-reactive ketones (excluding diaryl/α,β-unsaturated/α-hetero) is 1. The molecule has 0 fully saturated rings. The standard InChI is InChI=1S/C19H12Cl2N2O/c1-11-18(13-5-2-3-8-17(13)23-11)19(24)12(10-22)9-14-15(20)6-4-7-16(14)21/h2-9,23H,1H3/b12-9+. The second kappa shape index (κ2) is 6.52. The Labute approximate surface area is 149 Å². The number of para-hydroxylation sites is 1. The number of benzene rings is 2. The van der Waals surface area contributed by atoms with E-state index in [4.69, 9.17) is 23.2 Å². The fraction of sp³-hybridized carbons (Fsp3) is 0.0526. The Morgan fingerprint density at radius 2 is 1.79 bits per heavy atom. The predicted octanol–water partition coefficient (Wildman–Crippen LogP) is 5.57. The second-order valence-corrected chi connectivity index (χ2v) is 6.12. The van der Waals surface area contributed by atoms with Gasteiger partial charge in [-0.15, -0.1) is 0 Å². The van der Waals surface area contributed by atoms with Crippen LogP contribution in [0.1, 0.15) is 21.6 Å². The molecule has 0 aliphatic rings. The summed E-state index contributed by atoms with van der Waals surface area (Å²) in [5.41, 5.74) is 2.50. The minimum absolute atomic E-state index is 0.0159. The van der Waals surface area contributed by atoms with Crippen LogP contribution in [0.5, 0.6) is 0 Å². The van der Waals surface area contributed by atoms with E-state index in [2.05, 4.69) is 4.98 Å². The lowest BCUT2D eigenvalue weighted by Gasteiger charge is -2.04. The minimum Gasteiger partial charge on any atom is -0.358 e. The summed E-state index contributed by atoms with van der Waals surface area (Å²) in [4.78, 5) is 16.1. The number of nitrogens with one attached hydrogen (secondary N) is 1. The van der Waals surface area contributed by atoms with Crippen LogP contribution in [0.15, 0.2) is 48.0 Å². The van der Waals surface area contributed by atoms with E-state index in [1.807, 2.05) is 37.3 Å². The molecule has 3 rings (SSSR count). The quantitative estimate of drug-likeness (QED) is 0.379. The summed E-state index contributed by atoms with van der Waals surface area (Å²) in [6, 6.07) is 14.5. The molecule has 0 radical (unpaired) electrons. The van der Waals surface area contributed by atoms with Crippen molar-refractivity contribution in [1.82, 2.24) is 4.98 Å². The van der Waals surface area contributed by atoms with E-state index in [-0.39, 0.29) is 11.4 Å². The van der Waals surface area contributed by atoms with Crippen LogP contribution in [0.25, 0.3) is 17.0 Å². The molecular weight excluding hydrogens is 343 g/mol. The van der Waals surface area contributed by atoms with Gasteiger partial charge in [-0.05, 0) is 31.2 Å². The Hall–Kier alpha value is -2.54. The molecule has 0 saturated carbocycles. The zero-order chi connectivity index (χ0) is 17.3. The number of hydrogen-bond donors (Lipinski definition) is 1. The number of aryl methyl sites for hydroxylation is 1. The number of aromatic amines is 1. The monoisotopic (exact) mass is 354 g/mol. The number of carbonyl (C=O) groups excluding carboxylic acids is 1. The first-order valence-corrected chi connectivity index (χ1v) is 7.96. The molecule has 1 heterocycles. The van der Waals surface area contributed by atoms with Gasteiger partial charge < -0.3 is 4.98 Å². The highest BCUT2D eigenvalue weighted by atomic mass is 35.5. The van der Waals surface area contributed by atoms with Crippen LogP contribution in [-0.4, -0.2) is 10.8 Å². The number of hydrogen-bond acceptors (Lipinski definition) is 2. The maximum Gasteiger partial charge on any atom is 0.205 e. The SMILES string of the molecule is Cc1[nH]c2ccccc2c1C(=O)/C(C#N)=C/c1c(Cl)cccc1Cl. The highest BCUT2D eigenvalue weighted by molar-refractivity contribution is 6.37. The Balaban J connectivity index is 2.15. The minimum atomic E-state index is -0.358. The molecule has 5 heteroatoms. The van der Waals surface area contributed by atoms with Crippen molar-refractivity contribution in [2.24, 2.45) is 0 Å². The van der Waals surface area contributed by atoms with Crippen molar-refractivity contribution in [1.29, 1.82) is 5.26 Å². The number of halogens is 2. The van der Waals surface area contributed by atoms with E-state index in [1.54, 1.807) is 18.2 Å². The summed E-state index contributed by atoms with van der Waals surface area (Å²) in [6.45, 7) is 1.81. The predicted molar refractivity (Wildman–Crippen MR) is 97.4 cm³/mol. The molecule has 2 aromatic carbocycles. The average molecular weight is 355 g/mol. The maximum atomic E-state index is 12.9. The number of fused-ring (bicyclic) bond motifs is 1. The molecule has 0 aliphatic carbocycles. The van der Waals surface area contributed by atoms with Gasteiger partial charge in [0.15, 0.2) is 0 Å². The topological polar surface area (TPSA) is 56.6 Å². The molecule has 0 bridgehead atoms. The number of allylic oxidation sites excluding steroid dienone is 1. The van der Waals surface area contributed by atoms with E-state index in [1.165, 1.54) is 6.08 Å². The largest absolute Gasteiger partial charge is 0.358 e. The summed E-state index contributed by atoms with van der Waals surface area (Å²) in [5, 5.41) is 11.0. The van der Waals surface area contributed by atoms with Crippen LogP contribution < -0.4 is 0 Å². The van der Waals surface area contributed by atoms with Gasteiger partial charge in [0, 0.05) is 32.2 Å². The third-order valence-electron chi connectivity index (χ3n) is 3.77. The zero-order valence-electron chi connectivity index (χ0n) is 12.7. The number of H-pyrrole nitrogens is 1. The zero-order valence-corrected chi connectivity index (χ0v) is 14.2. The molecule has 1 N–H and O–H groups in total. The van der Waals surface area contributed by atoms with Crippen LogP contribution in [0.3, 0.4) is 0 Å². The van der Waals surface area contributed by atoms with Crippen molar-refractivity contribution >= 4 is 46.0 Å². The lowest BCUT2D eigenvalue weighted by Crippen LogP contribution is -2.03. The molecule has 0 unspecified atom stereocenters. The van der Waals surface area contributed by atoms with E-state index in [9.17, 15) is 10.1 Å². The third-order valence-corrected chi connectivity index (χ3v) is 4.43. The van der Waals surface area contributed by atoms with Crippen molar-refractivity contribution in [2.75, 3.05) is 0 Å².